The van der Waals surface area contributed by atoms with Gasteiger partial charge in [-0.2, -0.15) is 21.6 Å². The number of nitrogens with zero attached hydrogens (tertiary/aromatic N) is 1. The summed E-state index contributed by atoms with van der Waals surface area (Å²) in [4.78, 5) is 0. The second-order valence-electron chi connectivity index (χ2n) is 5.93. The van der Waals surface area contributed by atoms with E-state index in [0.29, 0.717) is 9.87 Å². The molecule has 0 aromatic heterocycles. The van der Waals surface area contributed by atoms with Gasteiger partial charge in [-0.05, 0) is 49.8 Å². The van der Waals surface area contributed by atoms with Gasteiger partial charge < -0.3 is 10.0 Å². The summed E-state index contributed by atoms with van der Waals surface area (Å²) < 4.78 is 63.0. The first-order valence-electron chi connectivity index (χ1n) is 6.40. The van der Waals surface area contributed by atoms with Gasteiger partial charge in [-0.25, -0.2) is 0 Å². The lowest BCUT2D eigenvalue weighted by atomic mass is 9.74. The zero-order chi connectivity index (χ0) is 17.1. The summed E-state index contributed by atoms with van der Waals surface area (Å²) in [5.74, 6) is 0. The first kappa shape index (κ1) is 17.1. The van der Waals surface area contributed by atoms with Crippen LogP contribution in [0.1, 0.15) is 25.0 Å². The summed E-state index contributed by atoms with van der Waals surface area (Å²) in [6.07, 6.45) is -0.0507. The molecule has 1 aliphatic rings. The minimum absolute atomic E-state index is 0.0166. The smallest absolute Gasteiger partial charge is 0.423 e. The van der Waals surface area contributed by atoms with Crippen LogP contribution >= 0.6 is 0 Å². The van der Waals surface area contributed by atoms with Crippen molar-refractivity contribution < 1.29 is 31.6 Å². The highest BCUT2D eigenvalue weighted by Crippen LogP contribution is 2.44. The van der Waals surface area contributed by atoms with E-state index < -0.39 is 28.2 Å². The van der Waals surface area contributed by atoms with E-state index in [1.165, 1.54) is 32.9 Å². The first-order chi connectivity index (χ1) is 9.79. The van der Waals surface area contributed by atoms with Crippen LogP contribution in [0.15, 0.2) is 12.1 Å². The maximum Gasteiger partial charge on any atom is 0.516 e. The minimum Gasteiger partial charge on any atom is -0.423 e. The number of rotatable bonds is 2. The molecule has 1 aromatic rings. The Labute approximate surface area is 126 Å². The molecule has 0 radical (unpaired) electrons. The second-order valence-corrected chi connectivity index (χ2v) is 7.71. The SMILES string of the molecule is Cc1cc(B(O)O)c2c(c1)N(S(=O)(=O)C(F)(F)F)C(C)(C)C2. The molecule has 0 saturated carbocycles. The van der Waals surface area contributed by atoms with Crippen molar-refractivity contribution in [1.29, 1.82) is 0 Å². The molecule has 1 heterocycles. The Morgan fingerprint density at radius 1 is 1.27 bits per heavy atom. The van der Waals surface area contributed by atoms with Gasteiger partial charge >= 0.3 is 22.7 Å². The monoisotopic (exact) mass is 337 g/mol. The number of halogens is 3. The van der Waals surface area contributed by atoms with Gasteiger partial charge in [0.1, 0.15) is 0 Å². The quantitative estimate of drug-likeness (QED) is 0.778. The van der Waals surface area contributed by atoms with Crippen molar-refractivity contribution in [2.45, 2.75) is 38.2 Å². The molecular formula is C12H15BF3NO4S. The molecule has 0 fully saturated rings. The number of fused-ring (bicyclic) bond motifs is 1. The lowest BCUT2D eigenvalue weighted by Crippen LogP contribution is -2.50. The van der Waals surface area contributed by atoms with Crippen LogP contribution in [0.25, 0.3) is 0 Å². The molecule has 22 heavy (non-hydrogen) atoms. The zero-order valence-electron chi connectivity index (χ0n) is 12.1. The number of hydrogen-bond donors (Lipinski definition) is 2. The molecule has 0 saturated heterocycles. The average molecular weight is 337 g/mol. The van der Waals surface area contributed by atoms with E-state index in [1.54, 1.807) is 0 Å². The predicted octanol–water partition coefficient (Wildman–Crippen LogP) is 0.666. The lowest BCUT2D eigenvalue weighted by Gasteiger charge is -2.33. The van der Waals surface area contributed by atoms with Gasteiger partial charge in [-0.15, -0.1) is 0 Å². The Morgan fingerprint density at radius 2 is 1.82 bits per heavy atom. The van der Waals surface area contributed by atoms with Crippen LogP contribution in [-0.2, 0) is 16.4 Å². The van der Waals surface area contributed by atoms with Crippen LogP contribution in [-0.4, -0.2) is 36.6 Å². The van der Waals surface area contributed by atoms with Gasteiger partial charge in [0.05, 0.1) is 11.2 Å². The Hall–Kier alpha value is -1.26. The molecule has 0 amide bonds. The third-order valence-electron chi connectivity index (χ3n) is 3.59. The van der Waals surface area contributed by atoms with E-state index in [4.69, 9.17) is 0 Å². The van der Waals surface area contributed by atoms with Crippen LogP contribution < -0.4 is 9.77 Å². The minimum atomic E-state index is -5.59. The van der Waals surface area contributed by atoms with Crippen LogP contribution in [0.2, 0.25) is 0 Å². The molecule has 1 aliphatic heterocycles. The van der Waals surface area contributed by atoms with Crippen LogP contribution in [0, 0.1) is 6.92 Å². The van der Waals surface area contributed by atoms with Crippen molar-refractivity contribution in [1.82, 2.24) is 0 Å². The van der Waals surface area contributed by atoms with Gasteiger partial charge in [-0.3, -0.25) is 4.31 Å². The van der Waals surface area contributed by atoms with Gasteiger partial charge in [-0.1, -0.05) is 6.07 Å². The molecule has 122 valence electrons. The van der Waals surface area contributed by atoms with Gasteiger partial charge in [0.25, 0.3) is 0 Å². The number of alkyl halides is 3. The lowest BCUT2D eigenvalue weighted by molar-refractivity contribution is -0.0442. The molecule has 10 heteroatoms. The molecule has 5 nitrogen and oxygen atoms in total. The summed E-state index contributed by atoms with van der Waals surface area (Å²) >= 11 is 0. The Kier molecular flexibility index (Phi) is 3.79. The van der Waals surface area contributed by atoms with Crippen molar-refractivity contribution in [3.8, 4) is 0 Å². The zero-order valence-corrected chi connectivity index (χ0v) is 13.0. The third kappa shape index (κ3) is 2.48. The molecule has 0 bridgehead atoms. The fraction of sp³-hybridized carbons (Fsp3) is 0.500. The molecule has 0 atom stereocenters. The van der Waals surface area contributed by atoms with E-state index in [2.05, 4.69) is 0 Å². The number of sulfonamides is 1. The van der Waals surface area contributed by atoms with E-state index in [1.807, 2.05) is 0 Å². The highest BCUT2D eigenvalue weighted by molar-refractivity contribution is 7.93. The van der Waals surface area contributed by atoms with Crippen molar-refractivity contribution in [2.75, 3.05) is 4.31 Å². The number of aryl methyl sites for hydroxylation is 1. The molecular weight excluding hydrogens is 322 g/mol. The fourth-order valence-electron chi connectivity index (χ4n) is 2.82. The van der Waals surface area contributed by atoms with Crippen molar-refractivity contribution in [3.05, 3.63) is 23.3 Å². The summed E-state index contributed by atoms with van der Waals surface area (Å²) in [5, 5.41) is 18.8. The molecule has 0 unspecified atom stereocenters. The molecule has 0 aliphatic carbocycles. The van der Waals surface area contributed by atoms with E-state index in [-0.39, 0.29) is 23.1 Å². The average Bonchev–Trinajstić information content (AvgIpc) is 2.56. The van der Waals surface area contributed by atoms with Crippen LogP contribution in [0.3, 0.4) is 0 Å². The van der Waals surface area contributed by atoms with Crippen molar-refractivity contribution >= 4 is 28.3 Å². The largest absolute Gasteiger partial charge is 0.516 e. The second kappa shape index (κ2) is 4.87. The maximum absolute atomic E-state index is 13.0. The van der Waals surface area contributed by atoms with E-state index in [0.717, 1.165) is 0 Å². The fourth-order valence-corrected chi connectivity index (χ4v) is 4.16. The van der Waals surface area contributed by atoms with Gasteiger partial charge in [0.2, 0.25) is 0 Å². The van der Waals surface area contributed by atoms with Crippen LogP contribution in [0.5, 0.6) is 0 Å². The standard InChI is InChI=1S/C12H15BF3NO4S/c1-7-4-9(13(18)19)8-6-11(2,3)17(10(8)5-7)22(20,21)12(14,15)16/h4-5,18-19H,6H2,1-3H3. The highest BCUT2D eigenvalue weighted by Gasteiger charge is 2.57. The topological polar surface area (TPSA) is 77.8 Å². The molecule has 1 aromatic carbocycles. The highest BCUT2D eigenvalue weighted by atomic mass is 32.2. The Balaban J connectivity index is 2.76. The van der Waals surface area contributed by atoms with Crippen molar-refractivity contribution in [2.24, 2.45) is 0 Å². The number of hydrogen-bond acceptors (Lipinski definition) is 4. The van der Waals surface area contributed by atoms with E-state index in [9.17, 15) is 31.6 Å². The summed E-state index contributed by atoms with van der Waals surface area (Å²) in [5.41, 5.74) is -6.32. The van der Waals surface area contributed by atoms with Gasteiger partial charge in [0.15, 0.2) is 0 Å². The number of benzene rings is 1. The Bertz CT molecular complexity index is 716. The van der Waals surface area contributed by atoms with E-state index >= 15 is 0 Å². The maximum atomic E-state index is 13.0. The Morgan fingerprint density at radius 3 is 2.27 bits per heavy atom. The summed E-state index contributed by atoms with van der Waals surface area (Å²) in [6.45, 7) is 4.26. The van der Waals surface area contributed by atoms with Gasteiger partial charge in [0, 0.05) is 0 Å². The normalized spacial score (nSPS) is 17.5. The first-order valence-corrected chi connectivity index (χ1v) is 7.84. The number of anilines is 1. The summed E-state index contributed by atoms with van der Waals surface area (Å²) in [6, 6.07) is 2.72. The van der Waals surface area contributed by atoms with Crippen LogP contribution in [0.4, 0.5) is 18.9 Å². The molecule has 2 N–H and O–H groups in total. The molecule has 2 rings (SSSR count). The molecule has 0 spiro atoms. The van der Waals surface area contributed by atoms with Crippen molar-refractivity contribution in [3.63, 3.8) is 0 Å². The third-order valence-corrected chi connectivity index (χ3v) is 5.35. The predicted molar refractivity (Wildman–Crippen MR) is 76.2 cm³/mol. The summed E-state index contributed by atoms with van der Waals surface area (Å²) in [7, 11) is -7.48.